The van der Waals surface area contributed by atoms with Gasteiger partial charge in [-0.25, -0.2) is 0 Å². The van der Waals surface area contributed by atoms with Gasteiger partial charge in [0.2, 0.25) is 5.91 Å². The molecule has 0 aromatic carbocycles. The van der Waals surface area contributed by atoms with E-state index in [1.807, 2.05) is 4.90 Å². The SMILES string of the molecule is NCCCN1CCCC1=O.[HH]. The smallest absolute Gasteiger partial charge is 0.222 e. The highest BCUT2D eigenvalue weighted by atomic mass is 16.2. The largest absolute Gasteiger partial charge is 0.343 e. The molecular formula is C7H16N2O. The first-order valence-corrected chi connectivity index (χ1v) is 3.82. The van der Waals surface area contributed by atoms with E-state index in [1.165, 1.54) is 0 Å². The zero-order chi connectivity index (χ0) is 7.40. The lowest BCUT2D eigenvalue weighted by Gasteiger charge is -2.13. The molecule has 60 valence electrons. The minimum absolute atomic E-state index is 0. The Morgan fingerprint density at radius 1 is 1.70 bits per heavy atom. The normalized spacial score (nSPS) is 18.5. The highest BCUT2D eigenvalue weighted by molar-refractivity contribution is 5.77. The summed E-state index contributed by atoms with van der Waals surface area (Å²) in [6, 6.07) is 0. The number of hydrogen-bond acceptors (Lipinski definition) is 2. The highest BCUT2D eigenvalue weighted by Crippen LogP contribution is 2.08. The van der Waals surface area contributed by atoms with Gasteiger partial charge in [0.05, 0.1) is 0 Å². The van der Waals surface area contributed by atoms with Crippen LogP contribution in [-0.4, -0.2) is 30.4 Å². The summed E-state index contributed by atoms with van der Waals surface area (Å²) >= 11 is 0. The Hall–Kier alpha value is -0.570. The van der Waals surface area contributed by atoms with Crippen LogP contribution in [-0.2, 0) is 4.79 Å². The standard InChI is InChI=1S/C7H14N2O.H2/c8-4-2-6-9-5-1-3-7(9)10;/h1-6,8H2;1H. The Balaban J connectivity index is 0.000001000. The molecule has 1 saturated heterocycles. The van der Waals surface area contributed by atoms with E-state index in [2.05, 4.69) is 0 Å². The first-order chi connectivity index (χ1) is 4.84. The van der Waals surface area contributed by atoms with Gasteiger partial charge in [-0.3, -0.25) is 4.79 Å². The number of nitrogens with zero attached hydrogens (tertiary/aromatic N) is 1. The van der Waals surface area contributed by atoms with E-state index < -0.39 is 0 Å². The van der Waals surface area contributed by atoms with Crippen molar-refractivity contribution in [3.63, 3.8) is 0 Å². The molecule has 10 heavy (non-hydrogen) atoms. The van der Waals surface area contributed by atoms with Gasteiger partial charge in [-0.15, -0.1) is 0 Å². The molecule has 0 aliphatic carbocycles. The van der Waals surface area contributed by atoms with Gasteiger partial charge < -0.3 is 10.6 Å². The molecule has 0 saturated carbocycles. The van der Waals surface area contributed by atoms with Crippen molar-refractivity contribution in [1.82, 2.24) is 4.90 Å². The maximum Gasteiger partial charge on any atom is 0.222 e. The lowest BCUT2D eigenvalue weighted by Crippen LogP contribution is -2.27. The zero-order valence-electron chi connectivity index (χ0n) is 6.18. The minimum atomic E-state index is 0. The van der Waals surface area contributed by atoms with Crippen molar-refractivity contribution in [2.24, 2.45) is 5.73 Å². The lowest BCUT2D eigenvalue weighted by atomic mass is 10.4. The molecule has 0 aromatic heterocycles. The van der Waals surface area contributed by atoms with Crippen LogP contribution in [0.4, 0.5) is 0 Å². The fourth-order valence-electron chi connectivity index (χ4n) is 1.22. The molecule has 0 atom stereocenters. The molecule has 3 nitrogen and oxygen atoms in total. The van der Waals surface area contributed by atoms with Crippen LogP contribution in [0.1, 0.15) is 20.7 Å². The number of carbonyl (C=O) groups excluding carboxylic acids is 1. The monoisotopic (exact) mass is 144 g/mol. The predicted octanol–water partition coefficient (Wildman–Crippen LogP) is 0.204. The predicted molar refractivity (Wildman–Crippen MR) is 41.6 cm³/mol. The van der Waals surface area contributed by atoms with Gasteiger partial charge in [0.25, 0.3) is 0 Å². The molecule has 1 aliphatic heterocycles. The molecule has 1 heterocycles. The molecule has 1 rings (SSSR count). The minimum Gasteiger partial charge on any atom is -0.343 e. The maximum absolute atomic E-state index is 11.0. The van der Waals surface area contributed by atoms with E-state index in [4.69, 9.17) is 5.73 Å². The summed E-state index contributed by atoms with van der Waals surface area (Å²) in [5.74, 6) is 0.299. The first-order valence-electron chi connectivity index (χ1n) is 3.82. The number of rotatable bonds is 3. The molecule has 0 bridgehead atoms. The summed E-state index contributed by atoms with van der Waals surface area (Å²) in [4.78, 5) is 12.9. The molecular weight excluding hydrogens is 128 g/mol. The molecule has 2 N–H and O–H groups in total. The van der Waals surface area contributed by atoms with E-state index in [1.54, 1.807) is 0 Å². The van der Waals surface area contributed by atoms with E-state index in [-0.39, 0.29) is 1.43 Å². The van der Waals surface area contributed by atoms with Crippen LogP contribution in [0, 0.1) is 0 Å². The number of likely N-dealkylation sites (tertiary alicyclic amines) is 1. The second-order valence-corrected chi connectivity index (χ2v) is 2.63. The Labute approximate surface area is 62.7 Å². The molecule has 1 aliphatic rings. The Kier molecular flexibility index (Phi) is 2.68. The summed E-state index contributed by atoms with van der Waals surface area (Å²) < 4.78 is 0. The van der Waals surface area contributed by atoms with Gasteiger partial charge in [0.15, 0.2) is 0 Å². The van der Waals surface area contributed by atoms with Crippen molar-refractivity contribution >= 4 is 5.91 Å². The van der Waals surface area contributed by atoms with Crippen LogP contribution in [0.2, 0.25) is 0 Å². The zero-order valence-corrected chi connectivity index (χ0v) is 6.18. The van der Waals surface area contributed by atoms with Crippen molar-refractivity contribution in [2.75, 3.05) is 19.6 Å². The maximum atomic E-state index is 11.0. The Morgan fingerprint density at radius 3 is 3.00 bits per heavy atom. The van der Waals surface area contributed by atoms with Gasteiger partial charge in [0, 0.05) is 20.9 Å². The summed E-state index contributed by atoms with van der Waals surface area (Å²) in [5, 5.41) is 0. The molecule has 3 heteroatoms. The van der Waals surface area contributed by atoms with Crippen molar-refractivity contribution in [3.8, 4) is 0 Å². The van der Waals surface area contributed by atoms with Gasteiger partial charge in [-0.1, -0.05) is 0 Å². The number of nitrogens with two attached hydrogens (primary N) is 1. The molecule has 1 fully saturated rings. The van der Waals surface area contributed by atoms with Crippen molar-refractivity contribution < 1.29 is 6.22 Å². The Morgan fingerprint density at radius 2 is 2.50 bits per heavy atom. The van der Waals surface area contributed by atoms with Crippen molar-refractivity contribution in [2.45, 2.75) is 19.3 Å². The van der Waals surface area contributed by atoms with Crippen LogP contribution in [0.25, 0.3) is 0 Å². The first kappa shape index (κ1) is 7.54. The molecule has 0 radical (unpaired) electrons. The summed E-state index contributed by atoms with van der Waals surface area (Å²) in [5.41, 5.74) is 5.31. The van der Waals surface area contributed by atoms with E-state index >= 15 is 0 Å². The third kappa shape index (κ3) is 1.70. The second kappa shape index (κ2) is 3.56. The molecule has 1 amide bonds. The van der Waals surface area contributed by atoms with Crippen LogP contribution in [0.3, 0.4) is 0 Å². The number of carbonyl (C=O) groups is 1. The van der Waals surface area contributed by atoms with Crippen LogP contribution >= 0.6 is 0 Å². The van der Waals surface area contributed by atoms with Crippen molar-refractivity contribution in [3.05, 3.63) is 0 Å². The average Bonchev–Trinajstić information content (AvgIpc) is 2.31. The van der Waals surface area contributed by atoms with Gasteiger partial charge in [-0.05, 0) is 19.4 Å². The van der Waals surface area contributed by atoms with E-state index in [9.17, 15) is 4.79 Å². The average molecular weight is 144 g/mol. The van der Waals surface area contributed by atoms with Gasteiger partial charge in [-0.2, -0.15) is 0 Å². The number of hydrogen-bond donors (Lipinski definition) is 1. The summed E-state index contributed by atoms with van der Waals surface area (Å²) in [7, 11) is 0. The number of amides is 1. The molecule has 0 spiro atoms. The topological polar surface area (TPSA) is 46.3 Å². The van der Waals surface area contributed by atoms with Crippen LogP contribution in [0.15, 0.2) is 0 Å². The third-order valence-corrected chi connectivity index (χ3v) is 1.80. The Bertz CT molecular complexity index is 130. The quantitative estimate of drug-likeness (QED) is 0.615. The van der Waals surface area contributed by atoms with E-state index in [0.717, 1.165) is 32.4 Å². The van der Waals surface area contributed by atoms with Crippen LogP contribution in [0.5, 0.6) is 0 Å². The fourth-order valence-corrected chi connectivity index (χ4v) is 1.22. The van der Waals surface area contributed by atoms with Gasteiger partial charge >= 0.3 is 0 Å². The van der Waals surface area contributed by atoms with E-state index in [0.29, 0.717) is 12.5 Å². The fraction of sp³-hybridized carbons (Fsp3) is 0.857. The highest BCUT2D eigenvalue weighted by Gasteiger charge is 2.18. The summed E-state index contributed by atoms with van der Waals surface area (Å²) in [6.07, 6.45) is 2.71. The lowest BCUT2D eigenvalue weighted by molar-refractivity contribution is -0.127. The van der Waals surface area contributed by atoms with Crippen molar-refractivity contribution in [1.29, 1.82) is 0 Å². The molecule has 0 unspecified atom stereocenters. The third-order valence-electron chi connectivity index (χ3n) is 1.80. The summed E-state index contributed by atoms with van der Waals surface area (Å²) in [6.45, 7) is 2.48. The van der Waals surface area contributed by atoms with Gasteiger partial charge in [0.1, 0.15) is 0 Å². The molecule has 0 aromatic rings. The van der Waals surface area contributed by atoms with Crippen LogP contribution < -0.4 is 5.73 Å². The second-order valence-electron chi connectivity index (χ2n) is 2.63.